The lowest BCUT2D eigenvalue weighted by atomic mass is 10.1. The van der Waals surface area contributed by atoms with E-state index in [0.717, 1.165) is 31.5 Å². The first-order chi connectivity index (χ1) is 16.4. The van der Waals surface area contributed by atoms with E-state index in [0.29, 0.717) is 25.3 Å². The lowest BCUT2D eigenvalue weighted by Gasteiger charge is -2.26. The van der Waals surface area contributed by atoms with Crippen molar-refractivity contribution in [2.75, 3.05) is 51.8 Å². The number of nitrogens with zero attached hydrogens (tertiary/aromatic N) is 2. The molecule has 0 radical (unpaired) electrons. The average molecular weight is 488 g/mol. The largest absolute Gasteiger partial charge is 0.495 e. The molecule has 2 fully saturated rings. The van der Waals surface area contributed by atoms with Gasteiger partial charge in [-0.2, -0.15) is 4.31 Å². The Morgan fingerprint density at radius 2 is 1.68 bits per heavy atom. The minimum atomic E-state index is -3.85. The van der Waals surface area contributed by atoms with Crippen LogP contribution in [0.5, 0.6) is 5.75 Å². The second-order valence-corrected chi connectivity index (χ2v) is 10.2. The van der Waals surface area contributed by atoms with Crippen molar-refractivity contribution in [3.05, 3.63) is 53.6 Å². The maximum Gasteiger partial charge on any atom is 0.255 e. The highest BCUT2D eigenvalue weighted by atomic mass is 32.2. The number of hydrogen-bond donors (Lipinski definition) is 1. The van der Waals surface area contributed by atoms with Gasteiger partial charge in [-0.05, 0) is 48.7 Å². The SMILES string of the molecule is COc1ccc(C(=O)Nc2ccc(CC(=O)N3CCCC3)cc2)cc1S(=O)(=O)N1CCOCC1. The number of morpholine rings is 1. The highest BCUT2D eigenvalue weighted by Gasteiger charge is 2.30. The van der Waals surface area contributed by atoms with Gasteiger partial charge in [0.15, 0.2) is 0 Å². The number of hydrogen-bond acceptors (Lipinski definition) is 6. The van der Waals surface area contributed by atoms with Crippen LogP contribution in [0.25, 0.3) is 0 Å². The van der Waals surface area contributed by atoms with Gasteiger partial charge >= 0.3 is 0 Å². The van der Waals surface area contributed by atoms with Crippen molar-refractivity contribution in [3.8, 4) is 5.75 Å². The summed E-state index contributed by atoms with van der Waals surface area (Å²) in [5, 5.41) is 2.79. The second-order valence-electron chi connectivity index (χ2n) is 8.30. The standard InChI is InChI=1S/C24H29N3O6S/c1-32-21-9-6-19(17-22(21)34(30,31)27-12-14-33-15-13-27)24(29)25-20-7-4-18(5-8-20)16-23(28)26-10-2-3-11-26/h4-9,17H,2-3,10-16H2,1H3,(H,25,29). The predicted molar refractivity (Wildman–Crippen MR) is 126 cm³/mol. The zero-order valence-corrected chi connectivity index (χ0v) is 20.0. The van der Waals surface area contributed by atoms with E-state index in [4.69, 9.17) is 9.47 Å². The number of sulfonamides is 1. The zero-order valence-electron chi connectivity index (χ0n) is 19.2. The van der Waals surface area contributed by atoms with Crippen molar-refractivity contribution in [1.29, 1.82) is 0 Å². The van der Waals surface area contributed by atoms with Crippen molar-refractivity contribution in [3.63, 3.8) is 0 Å². The lowest BCUT2D eigenvalue weighted by Crippen LogP contribution is -2.40. The monoisotopic (exact) mass is 487 g/mol. The lowest BCUT2D eigenvalue weighted by molar-refractivity contribution is -0.129. The van der Waals surface area contributed by atoms with Crippen LogP contribution >= 0.6 is 0 Å². The number of likely N-dealkylation sites (tertiary alicyclic amines) is 1. The Labute approximate surface area is 199 Å². The zero-order chi connectivity index (χ0) is 24.1. The maximum absolute atomic E-state index is 13.1. The van der Waals surface area contributed by atoms with Gasteiger partial charge in [-0.3, -0.25) is 9.59 Å². The summed E-state index contributed by atoms with van der Waals surface area (Å²) < 4.78 is 38.1. The molecular formula is C24H29N3O6S. The van der Waals surface area contributed by atoms with Crippen LogP contribution in [0.15, 0.2) is 47.4 Å². The number of benzene rings is 2. The van der Waals surface area contributed by atoms with Crippen LogP contribution in [0.1, 0.15) is 28.8 Å². The normalized spacial score (nSPS) is 16.9. The highest BCUT2D eigenvalue weighted by Crippen LogP contribution is 2.29. The van der Waals surface area contributed by atoms with E-state index in [1.165, 1.54) is 29.6 Å². The third-order valence-corrected chi connectivity index (χ3v) is 7.96. The summed E-state index contributed by atoms with van der Waals surface area (Å²) in [6.07, 6.45) is 2.44. The first kappa shape index (κ1) is 24.2. The van der Waals surface area contributed by atoms with Gasteiger partial charge in [0.05, 0.1) is 26.7 Å². The predicted octanol–water partition coefficient (Wildman–Crippen LogP) is 2.13. The minimum absolute atomic E-state index is 0.0553. The Kier molecular flexibility index (Phi) is 7.50. The van der Waals surface area contributed by atoms with Crippen molar-refractivity contribution in [1.82, 2.24) is 9.21 Å². The smallest absolute Gasteiger partial charge is 0.255 e. The molecule has 2 aliphatic heterocycles. The molecule has 0 saturated carbocycles. The van der Waals surface area contributed by atoms with E-state index in [1.807, 2.05) is 17.0 Å². The van der Waals surface area contributed by atoms with Gasteiger partial charge in [-0.25, -0.2) is 8.42 Å². The Hall–Kier alpha value is -2.95. The van der Waals surface area contributed by atoms with E-state index < -0.39 is 15.9 Å². The van der Waals surface area contributed by atoms with Gasteiger partial charge in [0, 0.05) is 37.4 Å². The first-order valence-electron chi connectivity index (χ1n) is 11.3. The van der Waals surface area contributed by atoms with E-state index in [2.05, 4.69) is 5.32 Å². The van der Waals surface area contributed by atoms with Crippen LogP contribution in [0.2, 0.25) is 0 Å². The van der Waals surface area contributed by atoms with Gasteiger partial charge in [0.2, 0.25) is 15.9 Å². The van der Waals surface area contributed by atoms with Crippen molar-refractivity contribution >= 4 is 27.5 Å². The summed E-state index contributed by atoms with van der Waals surface area (Å²) in [4.78, 5) is 27.0. The Balaban J connectivity index is 1.46. The molecule has 1 N–H and O–H groups in total. The molecule has 0 aromatic heterocycles. The van der Waals surface area contributed by atoms with E-state index in [-0.39, 0.29) is 35.2 Å². The van der Waals surface area contributed by atoms with Crippen molar-refractivity contribution < 1.29 is 27.5 Å². The summed E-state index contributed by atoms with van der Waals surface area (Å²) in [5.41, 5.74) is 1.62. The highest BCUT2D eigenvalue weighted by molar-refractivity contribution is 7.89. The molecule has 0 unspecified atom stereocenters. The number of amides is 2. The molecule has 182 valence electrons. The fourth-order valence-corrected chi connectivity index (χ4v) is 5.70. The van der Waals surface area contributed by atoms with E-state index >= 15 is 0 Å². The molecule has 9 nitrogen and oxygen atoms in total. The first-order valence-corrected chi connectivity index (χ1v) is 12.8. The van der Waals surface area contributed by atoms with Crippen LogP contribution in [-0.4, -0.2) is 75.9 Å². The quantitative estimate of drug-likeness (QED) is 0.642. The van der Waals surface area contributed by atoms with Gasteiger partial charge < -0.3 is 19.7 Å². The van der Waals surface area contributed by atoms with Gasteiger partial charge in [-0.15, -0.1) is 0 Å². The summed E-state index contributed by atoms with van der Waals surface area (Å²) in [6.45, 7) is 2.77. The minimum Gasteiger partial charge on any atom is -0.495 e. The number of methoxy groups -OCH3 is 1. The Morgan fingerprint density at radius 3 is 2.32 bits per heavy atom. The number of rotatable bonds is 7. The number of carbonyl (C=O) groups excluding carboxylic acids is 2. The molecule has 2 aromatic carbocycles. The maximum atomic E-state index is 13.1. The number of carbonyl (C=O) groups is 2. The molecule has 2 aliphatic rings. The van der Waals surface area contributed by atoms with E-state index in [1.54, 1.807) is 12.1 Å². The molecule has 2 saturated heterocycles. The number of anilines is 1. The Morgan fingerprint density at radius 1 is 1.00 bits per heavy atom. The summed E-state index contributed by atoms with van der Waals surface area (Å²) in [5.74, 6) is -0.154. The molecule has 2 heterocycles. The molecule has 2 amide bonds. The fourth-order valence-electron chi connectivity index (χ4n) is 4.11. The number of nitrogens with one attached hydrogen (secondary N) is 1. The second kappa shape index (κ2) is 10.5. The van der Waals surface area contributed by atoms with Crippen LogP contribution < -0.4 is 10.1 Å². The third-order valence-electron chi connectivity index (χ3n) is 6.04. The molecule has 0 bridgehead atoms. The molecule has 34 heavy (non-hydrogen) atoms. The topological polar surface area (TPSA) is 105 Å². The molecule has 4 rings (SSSR count). The van der Waals surface area contributed by atoms with Crippen molar-refractivity contribution in [2.24, 2.45) is 0 Å². The van der Waals surface area contributed by atoms with Crippen LogP contribution in [0, 0.1) is 0 Å². The molecule has 0 atom stereocenters. The van der Waals surface area contributed by atoms with Crippen LogP contribution in [0.4, 0.5) is 5.69 Å². The molecule has 0 spiro atoms. The fraction of sp³-hybridized carbons (Fsp3) is 0.417. The van der Waals surface area contributed by atoms with Crippen LogP contribution in [0.3, 0.4) is 0 Å². The average Bonchev–Trinajstić information content (AvgIpc) is 3.41. The molecule has 2 aromatic rings. The Bertz CT molecular complexity index is 1140. The summed E-state index contributed by atoms with van der Waals surface area (Å²) >= 11 is 0. The summed E-state index contributed by atoms with van der Waals surface area (Å²) in [6, 6.07) is 11.4. The molecular weight excluding hydrogens is 458 g/mol. The summed E-state index contributed by atoms with van der Waals surface area (Å²) in [7, 11) is -2.45. The molecule has 10 heteroatoms. The van der Waals surface area contributed by atoms with Gasteiger partial charge in [0.1, 0.15) is 10.6 Å². The van der Waals surface area contributed by atoms with Crippen molar-refractivity contribution in [2.45, 2.75) is 24.2 Å². The third kappa shape index (κ3) is 5.40. The number of ether oxygens (including phenoxy) is 2. The van der Waals surface area contributed by atoms with E-state index in [9.17, 15) is 18.0 Å². The van der Waals surface area contributed by atoms with Crippen LogP contribution in [-0.2, 0) is 26.0 Å². The van der Waals surface area contributed by atoms with Gasteiger partial charge in [-0.1, -0.05) is 12.1 Å². The molecule has 0 aliphatic carbocycles. The van der Waals surface area contributed by atoms with Gasteiger partial charge in [0.25, 0.3) is 5.91 Å².